The maximum Gasteiger partial charge on any atom is 0.303 e. The van der Waals surface area contributed by atoms with Crippen molar-refractivity contribution in [2.75, 3.05) is 13.2 Å². The van der Waals surface area contributed by atoms with Crippen LogP contribution in [0.1, 0.15) is 41.0 Å². The van der Waals surface area contributed by atoms with Crippen molar-refractivity contribution in [3.05, 3.63) is 0 Å². The topological polar surface area (TPSA) is 61.5 Å². The summed E-state index contributed by atoms with van der Waals surface area (Å²) in [5, 5.41) is 0. The molecule has 0 saturated heterocycles. The fraction of sp³-hybridized carbons (Fsp3) is 0.909. The lowest BCUT2D eigenvalue weighted by molar-refractivity contribution is -0.156. The number of rotatable bonds is 6. The molecule has 0 aromatic rings. The summed E-state index contributed by atoms with van der Waals surface area (Å²) in [5.74, 6) is -0.266. The van der Waals surface area contributed by atoms with Crippen LogP contribution in [-0.2, 0) is 14.3 Å². The first-order valence-corrected chi connectivity index (χ1v) is 5.22. The zero-order chi connectivity index (χ0) is 12.1. The van der Waals surface area contributed by atoms with Crippen LogP contribution in [0.15, 0.2) is 0 Å². The second-order valence-corrected chi connectivity index (χ2v) is 4.92. The molecule has 4 heteroatoms. The van der Waals surface area contributed by atoms with Gasteiger partial charge in [-0.25, -0.2) is 0 Å². The molecule has 0 aliphatic carbocycles. The molecule has 0 rings (SSSR count). The molecule has 0 amide bonds. The van der Waals surface area contributed by atoms with Crippen molar-refractivity contribution >= 4 is 5.97 Å². The van der Waals surface area contributed by atoms with Crippen molar-refractivity contribution in [2.24, 2.45) is 5.73 Å². The lowest BCUT2D eigenvalue weighted by Crippen LogP contribution is -2.36. The minimum absolute atomic E-state index is 0.266. The molecular formula is C11H23NO3. The average molecular weight is 217 g/mol. The van der Waals surface area contributed by atoms with E-state index in [-0.39, 0.29) is 11.6 Å². The first-order chi connectivity index (χ1) is 6.68. The second kappa shape index (κ2) is 5.47. The average Bonchev–Trinajstić information content (AvgIpc) is 2.00. The Kier molecular flexibility index (Phi) is 5.24. The molecule has 0 spiro atoms. The number of esters is 1. The molecule has 0 radical (unpaired) electrons. The van der Waals surface area contributed by atoms with Crippen LogP contribution in [0.3, 0.4) is 0 Å². The van der Waals surface area contributed by atoms with E-state index in [0.29, 0.717) is 19.6 Å². The van der Waals surface area contributed by atoms with Gasteiger partial charge in [-0.15, -0.1) is 0 Å². The van der Waals surface area contributed by atoms with E-state index in [1.165, 1.54) is 6.92 Å². The van der Waals surface area contributed by atoms with E-state index >= 15 is 0 Å². The van der Waals surface area contributed by atoms with Gasteiger partial charge in [-0.2, -0.15) is 0 Å². The normalized spacial score (nSPS) is 12.7. The summed E-state index contributed by atoms with van der Waals surface area (Å²) in [6.45, 7) is 10.0. The summed E-state index contributed by atoms with van der Waals surface area (Å²) in [6, 6.07) is 0. The third kappa shape index (κ3) is 7.33. The lowest BCUT2D eigenvalue weighted by atomic mass is 10.1. The molecule has 0 atom stereocenters. The van der Waals surface area contributed by atoms with E-state index in [1.54, 1.807) is 0 Å². The summed E-state index contributed by atoms with van der Waals surface area (Å²) >= 11 is 0. The van der Waals surface area contributed by atoms with Crippen LogP contribution >= 0.6 is 0 Å². The van der Waals surface area contributed by atoms with Crippen molar-refractivity contribution in [1.82, 2.24) is 0 Å². The Bertz CT molecular complexity index is 212. The zero-order valence-corrected chi connectivity index (χ0v) is 10.4. The van der Waals surface area contributed by atoms with Crippen LogP contribution in [0.5, 0.6) is 0 Å². The molecule has 0 aromatic carbocycles. The van der Waals surface area contributed by atoms with Gasteiger partial charge >= 0.3 is 5.97 Å². The second-order valence-electron chi connectivity index (χ2n) is 4.92. The van der Waals surface area contributed by atoms with Gasteiger partial charge in [-0.3, -0.25) is 4.79 Å². The highest BCUT2D eigenvalue weighted by molar-refractivity contribution is 5.66. The van der Waals surface area contributed by atoms with Crippen LogP contribution in [0.4, 0.5) is 0 Å². The molecule has 0 saturated carbocycles. The van der Waals surface area contributed by atoms with Crippen molar-refractivity contribution in [2.45, 2.75) is 52.2 Å². The van der Waals surface area contributed by atoms with Crippen LogP contribution in [0.2, 0.25) is 0 Å². The highest BCUT2D eigenvalue weighted by Crippen LogP contribution is 2.16. The van der Waals surface area contributed by atoms with Crippen molar-refractivity contribution in [3.63, 3.8) is 0 Å². The van der Waals surface area contributed by atoms with E-state index in [4.69, 9.17) is 15.2 Å². The van der Waals surface area contributed by atoms with E-state index in [2.05, 4.69) is 0 Å². The quantitative estimate of drug-likeness (QED) is 0.684. The van der Waals surface area contributed by atoms with Crippen LogP contribution in [0, 0.1) is 0 Å². The maximum absolute atomic E-state index is 10.8. The van der Waals surface area contributed by atoms with Gasteiger partial charge in [-0.05, 0) is 27.7 Å². The Balaban J connectivity index is 3.89. The number of hydrogen-bond donors (Lipinski definition) is 1. The van der Waals surface area contributed by atoms with E-state index in [0.717, 1.165) is 0 Å². The largest absolute Gasteiger partial charge is 0.460 e. The Labute approximate surface area is 92.1 Å². The van der Waals surface area contributed by atoms with Crippen LogP contribution in [0.25, 0.3) is 0 Å². The fourth-order valence-corrected chi connectivity index (χ4v) is 1.07. The molecule has 0 aliphatic rings. The highest BCUT2D eigenvalue weighted by atomic mass is 16.6. The summed E-state index contributed by atoms with van der Waals surface area (Å²) in [6.07, 6.45) is 0.663. The third-order valence-corrected chi connectivity index (χ3v) is 2.11. The predicted molar refractivity (Wildman–Crippen MR) is 59.5 cm³/mol. The monoisotopic (exact) mass is 217 g/mol. The molecular weight excluding hydrogens is 194 g/mol. The number of nitrogens with two attached hydrogens (primary N) is 1. The summed E-state index contributed by atoms with van der Waals surface area (Å²) < 4.78 is 10.7. The molecule has 4 nitrogen and oxygen atoms in total. The Hall–Kier alpha value is -0.610. The molecule has 0 fully saturated rings. The SMILES string of the molecule is CC(=O)OC(C)(C)CCOC(C)(C)CN. The maximum atomic E-state index is 10.8. The number of carbonyl (C=O) groups is 1. The molecule has 15 heavy (non-hydrogen) atoms. The van der Waals surface area contributed by atoms with E-state index in [1.807, 2.05) is 27.7 Å². The van der Waals surface area contributed by atoms with Gasteiger partial charge in [0.05, 0.1) is 12.2 Å². The van der Waals surface area contributed by atoms with Gasteiger partial charge in [0.15, 0.2) is 0 Å². The van der Waals surface area contributed by atoms with E-state index in [9.17, 15) is 4.79 Å². The van der Waals surface area contributed by atoms with Crippen LogP contribution < -0.4 is 5.73 Å². The number of carbonyl (C=O) groups excluding carboxylic acids is 1. The number of hydrogen-bond acceptors (Lipinski definition) is 4. The summed E-state index contributed by atoms with van der Waals surface area (Å²) in [4.78, 5) is 10.8. The molecule has 0 heterocycles. The minimum atomic E-state index is -0.476. The third-order valence-electron chi connectivity index (χ3n) is 2.11. The van der Waals surface area contributed by atoms with Crippen LogP contribution in [-0.4, -0.2) is 30.3 Å². The smallest absolute Gasteiger partial charge is 0.303 e. The number of ether oxygens (including phenoxy) is 2. The van der Waals surface area contributed by atoms with Gasteiger partial charge in [-0.1, -0.05) is 0 Å². The molecule has 0 aliphatic heterocycles. The Morgan fingerprint density at radius 1 is 1.20 bits per heavy atom. The summed E-state index contributed by atoms with van der Waals surface area (Å²) in [5.41, 5.74) is 4.74. The molecule has 90 valence electrons. The fourth-order valence-electron chi connectivity index (χ4n) is 1.07. The van der Waals surface area contributed by atoms with Crippen molar-refractivity contribution in [3.8, 4) is 0 Å². The summed E-state index contributed by atoms with van der Waals surface area (Å²) in [7, 11) is 0. The molecule has 2 N–H and O–H groups in total. The van der Waals surface area contributed by atoms with Gasteiger partial charge in [0, 0.05) is 19.9 Å². The highest BCUT2D eigenvalue weighted by Gasteiger charge is 2.23. The molecule has 0 unspecified atom stereocenters. The Morgan fingerprint density at radius 3 is 2.13 bits per heavy atom. The molecule has 0 aromatic heterocycles. The van der Waals surface area contributed by atoms with E-state index < -0.39 is 5.60 Å². The standard InChI is InChI=1S/C11H23NO3/c1-9(13)15-10(2,3)6-7-14-11(4,5)8-12/h6-8,12H2,1-5H3. The van der Waals surface area contributed by atoms with Gasteiger partial charge in [0.1, 0.15) is 5.60 Å². The predicted octanol–water partition coefficient (Wildman–Crippen LogP) is 1.47. The van der Waals surface area contributed by atoms with Crippen molar-refractivity contribution in [1.29, 1.82) is 0 Å². The van der Waals surface area contributed by atoms with Gasteiger partial charge in [0.2, 0.25) is 0 Å². The molecule has 0 bridgehead atoms. The van der Waals surface area contributed by atoms with Gasteiger partial charge < -0.3 is 15.2 Å². The van der Waals surface area contributed by atoms with Crippen molar-refractivity contribution < 1.29 is 14.3 Å². The minimum Gasteiger partial charge on any atom is -0.460 e. The zero-order valence-electron chi connectivity index (χ0n) is 10.4. The Morgan fingerprint density at radius 2 is 1.73 bits per heavy atom. The first kappa shape index (κ1) is 14.4. The lowest BCUT2D eigenvalue weighted by Gasteiger charge is -2.28. The first-order valence-electron chi connectivity index (χ1n) is 5.22. The van der Waals surface area contributed by atoms with Gasteiger partial charge in [0.25, 0.3) is 0 Å².